The van der Waals surface area contributed by atoms with Crippen molar-refractivity contribution < 1.29 is 33.7 Å². The molecule has 0 amide bonds. The molecule has 2 aromatic rings. The molecule has 0 saturated heterocycles. The summed E-state index contributed by atoms with van der Waals surface area (Å²) in [6, 6.07) is 10.6. The smallest absolute Gasteiger partial charge is 0.231 e. The van der Waals surface area contributed by atoms with E-state index in [4.69, 9.17) is 18.9 Å². The molecule has 0 bridgehead atoms. The Bertz CT molecular complexity index is 990. The molecule has 0 spiro atoms. The van der Waals surface area contributed by atoms with Gasteiger partial charge in [0.1, 0.15) is 31.1 Å². The summed E-state index contributed by atoms with van der Waals surface area (Å²) >= 11 is 0. The predicted molar refractivity (Wildman–Crippen MR) is 119 cm³/mol. The first-order chi connectivity index (χ1) is 15.6. The Hall–Kier alpha value is -3.13. The number of quaternary nitrogens is 1. The minimum Gasteiger partial charge on any atom is -0.872 e. The van der Waals surface area contributed by atoms with Crippen LogP contribution in [0.4, 0.5) is 0 Å². The summed E-state index contributed by atoms with van der Waals surface area (Å²) in [4.78, 5) is 14.0. The van der Waals surface area contributed by atoms with E-state index >= 15 is 0 Å². The molecule has 2 aromatic carbocycles. The normalized spacial score (nSPS) is 14.4. The van der Waals surface area contributed by atoms with Gasteiger partial charge >= 0.3 is 0 Å². The zero-order valence-corrected chi connectivity index (χ0v) is 18.7. The lowest BCUT2D eigenvalue weighted by Crippen LogP contribution is -3.11. The number of rotatable bonds is 11. The van der Waals surface area contributed by atoms with E-state index in [9.17, 15) is 9.90 Å². The van der Waals surface area contributed by atoms with Crippen LogP contribution in [-0.4, -0.2) is 53.4 Å². The number of hydrogen-bond acceptors (Lipinski definition) is 6. The summed E-state index contributed by atoms with van der Waals surface area (Å²) in [6.45, 7) is 2.96. The molecule has 1 heterocycles. The van der Waals surface area contributed by atoms with Crippen LogP contribution < -0.4 is 19.5 Å². The van der Waals surface area contributed by atoms with Crippen molar-refractivity contribution in [2.75, 3.05) is 47.6 Å². The molecular weight excluding hydrogens is 410 g/mol. The Labute approximate surface area is 188 Å². The zero-order chi connectivity index (χ0) is 22.9. The van der Waals surface area contributed by atoms with Crippen LogP contribution in [-0.2, 0) is 16.0 Å². The number of ether oxygens (including phenoxy) is 4. The van der Waals surface area contributed by atoms with Gasteiger partial charge in [-0.15, -0.1) is 0 Å². The molecule has 0 radical (unpaired) electrons. The van der Waals surface area contributed by atoms with E-state index in [1.165, 1.54) is 12.1 Å². The van der Waals surface area contributed by atoms with Gasteiger partial charge in [-0.3, -0.25) is 4.79 Å². The van der Waals surface area contributed by atoms with E-state index in [0.717, 1.165) is 16.2 Å². The van der Waals surface area contributed by atoms with Gasteiger partial charge in [0.15, 0.2) is 5.76 Å². The van der Waals surface area contributed by atoms with Crippen molar-refractivity contribution in [3.8, 4) is 17.2 Å². The minimum atomic E-state index is -0.235. The molecule has 0 atom stereocenters. The number of para-hydroxylation sites is 1. The van der Waals surface area contributed by atoms with Gasteiger partial charge < -0.3 is 29.0 Å². The van der Waals surface area contributed by atoms with Gasteiger partial charge in [-0.25, -0.2) is 0 Å². The van der Waals surface area contributed by atoms with Crippen molar-refractivity contribution in [2.45, 2.75) is 6.54 Å². The van der Waals surface area contributed by atoms with Gasteiger partial charge in [0.2, 0.25) is 5.78 Å². The van der Waals surface area contributed by atoms with Crippen molar-refractivity contribution in [1.82, 2.24) is 0 Å². The molecule has 0 aliphatic carbocycles. The highest BCUT2D eigenvalue weighted by Crippen LogP contribution is 2.37. The van der Waals surface area contributed by atoms with Crippen LogP contribution in [0.2, 0.25) is 0 Å². The third kappa shape index (κ3) is 5.56. The number of nitrogens with one attached hydrogen (secondary N) is 1. The Morgan fingerprint density at radius 1 is 1.03 bits per heavy atom. The Balaban J connectivity index is 1.82. The summed E-state index contributed by atoms with van der Waals surface area (Å²) < 4.78 is 21.6. The Morgan fingerprint density at radius 2 is 1.75 bits per heavy atom. The van der Waals surface area contributed by atoms with Gasteiger partial charge in [-0.1, -0.05) is 42.2 Å². The minimum absolute atomic E-state index is 0.144. The largest absolute Gasteiger partial charge is 0.872 e. The molecule has 7 heteroatoms. The SMILES string of the molecule is COCC[NH+](CCOC)Cc1c([O-])ccc2c1O/C(=C\C=C\c1ccccc1OC)C2=O. The fourth-order valence-corrected chi connectivity index (χ4v) is 3.56. The average Bonchev–Trinajstić information content (AvgIpc) is 3.13. The highest BCUT2D eigenvalue weighted by molar-refractivity contribution is 6.12. The number of ketones is 1. The maximum Gasteiger partial charge on any atom is 0.231 e. The van der Waals surface area contributed by atoms with Crippen molar-refractivity contribution in [3.05, 3.63) is 71.0 Å². The van der Waals surface area contributed by atoms with E-state index < -0.39 is 0 Å². The average molecular weight is 440 g/mol. The number of allylic oxidation sites excluding steroid dienone is 3. The summed E-state index contributed by atoms with van der Waals surface area (Å²) in [5.41, 5.74) is 1.79. The second kappa shape index (κ2) is 11.5. The highest BCUT2D eigenvalue weighted by atomic mass is 16.5. The monoisotopic (exact) mass is 439 g/mol. The number of fused-ring (bicyclic) bond motifs is 1. The van der Waals surface area contributed by atoms with Gasteiger partial charge in [0.25, 0.3) is 0 Å². The summed E-state index contributed by atoms with van der Waals surface area (Å²) in [7, 11) is 4.90. The number of carbonyl (C=O) groups excluding carboxylic acids is 1. The van der Waals surface area contributed by atoms with Crippen LogP contribution in [0.1, 0.15) is 21.5 Å². The quantitative estimate of drug-likeness (QED) is 0.536. The maximum absolute atomic E-state index is 12.9. The Morgan fingerprint density at radius 3 is 2.44 bits per heavy atom. The second-order valence-corrected chi connectivity index (χ2v) is 7.39. The molecule has 32 heavy (non-hydrogen) atoms. The second-order valence-electron chi connectivity index (χ2n) is 7.39. The lowest BCUT2D eigenvalue weighted by atomic mass is 10.0. The van der Waals surface area contributed by atoms with Gasteiger partial charge in [0.05, 0.1) is 25.9 Å². The first kappa shape index (κ1) is 23.5. The molecule has 7 nitrogen and oxygen atoms in total. The third-order valence-corrected chi connectivity index (χ3v) is 5.31. The summed E-state index contributed by atoms with van der Waals surface area (Å²) in [6.07, 6.45) is 5.19. The zero-order valence-electron chi connectivity index (χ0n) is 18.7. The number of carbonyl (C=O) groups is 1. The standard InChI is InChI=1S/C25H29NO6/c1-29-15-13-26(14-16-30-2)17-20-21(27)12-11-19-24(28)23(32-25(19)20)10-6-8-18-7-4-5-9-22(18)31-3/h4-12,27H,13-17H2,1-3H3/b8-6+,23-10-. The number of benzene rings is 2. The maximum atomic E-state index is 12.9. The summed E-state index contributed by atoms with van der Waals surface area (Å²) in [5.74, 6) is 0.897. The van der Waals surface area contributed by atoms with Crippen LogP contribution in [0.3, 0.4) is 0 Å². The molecule has 0 unspecified atom stereocenters. The first-order valence-corrected chi connectivity index (χ1v) is 10.5. The Kier molecular flexibility index (Phi) is 8.44. The van der Waals surface area contributed by atoms with Crippen LogP contribution in [0, 0.1) is 0 Å². The molecule has 1 aliphatic rings. The lowest BCUT2D eigenvalue weighted by Gasteiger charge is -2.23. The van der Waals surface area contributed by atoms with Crippen molar-refractivity contribution in [3.63, 3.8) is 0 Å². The number of hydrogen-bond donors (Lipinski definition) is 1. The van der Waals surface area contributed by atoms with E-state index in [1.54, 1.807) is 33.5 Å². The fraction of sp³-hybridized carbons (Fsp3) is 0.320. The van der Waals surface area contributed by atoms with Crippen LogP contribution in [0.5, 0.6) is 17.2 Å². The predicted octanol–water partition coefficient (Wildman–Crippen LogP) is 1.62. The molecule has 0 saturated carbocycles. The molecule has 170 valence electrons. The summed E-state index contributed by atoms with van der Waals surface area (Å²) in [5, 5.41) is 12.6. The van der Waals surface area contributed by atoms with Gasteiger partial charge in [0, 0.05) is 25.3 Å². The molecule has 3 rings (SSSR count). The first-order valence-electron chi connectivity index (χ1n) is 10.5. The van der Waals surface area contributed by atoms with E-state index in [-0.39, 0.29) is 17.3 Å². The fourth-order valence-electron chi connectivity index (χ4n) is 3.56. The molecule has 1 N–H and O–H groups in total. The molecule has 1 aliphatic heterocycles. The number of Topliss-reactive ketones (excluding diaryl/α,β-unsaturated/α-hetero) is 1. The van der Waals surface area contributed by atoms with Crippen molar-refractivity contribution >= 4 is 11.9 Å². The van der Waals surface area contributed by atoms with Crippen LogP contribution >= 0.6 is 0 Å². The lowest BCUT2D eigenvalue weighted by molar-refractivity contribution is -0.914. The van der Waals surface area contributed by atoms with Crippen molar-refractivity contribution in [2.24, 2.45) is 0 Å². The topological polar surface area (TPSA) is 81.5 Å². The van der Waals surface area contributed by atoms with Crippen LogP contribution in [0.25, 0.3) is 6.08 Å². The van der Waals surface area contributed by atoms with Gasteiger partial charge in [-0.2, -0.15) is 0 Å². The van der Waals surface area contributed by atoms with Crippen molar-refractivity contribution in [1.29, 1.82) is 0 Å². The molecular formula is C25H29NO6. The number of methoxy groups -OCH3 is 3. The highest BCUT2D eigenvalue weighted by Gasteiger charge is 2.30. The third-order valence-electron chi connectivity index (χ3n) is 5.31. The molecule has 0 fully saturated rings. The van der Waals surface area contributed by atoms with E-state index in [1.807, 2.05) is 30.3 Å². The van der Waals surface area contributed by atoms with E-state index in [0.29, 0.717) is 49.7 Å². The van der Waals surface area contributed by atoms with Crippen LogP contribution in [0.15, 0.2) is 54.3 Å². The van der Waals surface area contributed by atoms with Gasteiger partial charge in [-0.05, 0) is 18.2 Å². The molecule has 0 aromatic heterocycles. The van der Waals surface area contributed by atoms with E-state index in [2.05, 4.69) is 0 Å².